The molecule has 3 heterocycles. The van der Waals surface area contributed by atoms with E-state index < -0.39 is 0 Å². The van der Waals surface area contributed by atoms with Gasteiger partial charge in [-0.1, -0.05) is 35.9 Å². The number of anilines is 2. The number of aliphatic hydroxyl groups is 1. The minimum atomic E-state index is -0.219. The van der Waals surface area contributed by atoms with Crippen LogP contribution in [0.15, 0.2) is 35.5 Å². The summed E-state index contributed by atoms with van der Waals surface area (Å²) in [5, 5.41) is 10.2. The lowest BCUT2D eigenvalue weighted by Gasteiger charge is -2.31. The maximum atomic E-state index is 9.65. The van der Waals surface area contributed by atoms with Crippen molar-refractivity contribution in [3.8, 4) is 0 Å². The minimum absolute atomic E-state index is 0.111. The van der Waals surface area contributed by atoms with Crippen molar-refractivity contribution in [3.63, 3.8) is 0 Å². The van der Waals surface area contributed by atoms with Gasteiger partial charge >= 0.3 is 0 Å². The van der Waals surface area contributed by atoms with E-state index in [1.54, 1.807) is 12.5 Å². The zero-order valence-electron chi connectivity index (χ0n) is 12.6. The van der Waals surface area contributed by atoms with E-state index in [0.717, 1.165) is 25.9 Å². The third-order valence-electron chi connectivity index (χ3n) is 4.47. The molecule has 0 saturated carbocycles. The lowest BCUT2D eigenvalue weighted by Crippen LogP contribution is -2.38. The summed E-state index contributed by atoms with van der Waals surface area (Å²) in [7, 11) is 0. The van der Waals surface area contributed by atoms with Gasteiger partial charge in [0.2, 0.25) is 5.95 Å². The average molecular weight is 332 g/mol. The van der Waals surface area contributed by atoms with Gasteiger partial charge in [-0.05, 0) is 12.8 Å². The van der Waals surface area contributed by atoms with Gasteiger partial charge in [0.1, 0.15) is 5.02 Å². The highest BCUT2D eigenvalue weighted by atomic mass is 35.5. The molecule has 23 heavy (non-hydrogen) atoms. The third kappa shape index (κ3) is 2.72. The van der Waals surface area contributed by atoms with Gasteiger partial charge in [-0.2, -0.15) is 4.98 Å². The van der Waals surface area contributed by atoms with Crippen LogP contribution in [-0.2, 0) is 0 Å². The van der Waals surface area contributed by atoms with Crippen molar-refractivity contribution >= 4 is 29.7 Å². The van der Waals surface area contributed by atoms with E-state index in [2.05, 4.69) is 32.0 Å². The molecule has 2 aliphatic heterocycles. The summed E-state index contributed by atoms with van der Waals surface area (Å²) in [6.45, 7) is 1.51. The smallest absolute Gasteiger partial charge is 0.227 e. The molecule has 3 aliphatic rings. The molecule has 6 nitrogen and oxygen atoms in total. The molecule has 4 rings (SSSR count). The average Bonchev–Trinajstić information content (AvgIpc) is 3.00. The fourth-order valence-electron chi connectivity index (χ4n) is 3.15. The Morgan fingerprint density at radius 1 is 1.17 bits per heavy atom. The summed E-state index contributed by atoms with van der Waals surface area (Å²) >= 11 is 6.34. The largest absolute Gasteiger partial charge is 0.393 e. The van der Waals surface area contributed by atoms with Gasteiger partial charge in [0.25, 0.3) is 0 Å². The number of halogens is 1. The Kier molecular flexibility index (Phi) is 3.79. The highest BCUT2D eigenvalue weighted by molar-refractivity contribution is 6.33. The Morgan fingerprint density at radius 2 is 1.96 bits per heavy atom. The molecule has 1 N–H and O–H groups in total. The molecular weight excluding hydrogens is 314 g/mol. The van der Waals surface area contributed by atoms with Crippen LogP contribution in [0.5, 0.6) is 0 Å². The van der Waals surface area contributed by atoms with Crippen molar-refractivity contribution < 1.29 is 5.11 Å². The fraction of sp³-hybridized carbons (Fsp3) is 0.438. The molecule has 7 heteroatoms. The third-order valence-corrected chi connectivity index (χ3v) is 4.73. The van der Waals surface area contributed by atoms with Crippen LogP contribution >= 0.6 is 11.6 Å². The molecule has 0 radical (unpaired) electrons. The first-order valence-corrected chi connectivity index (χ1v) is 8.22. The molecule has 2 atom stereocenters. The number of hydrogen-bond acceptors (Lipinski definition) is 6. The summed E-state index contributed by atoms with van der Waals surface area (Å²) in [5.41, 5.74) is 0. The zero-order valence-corrected chi connectivity index (χ0v) is 13.3. The van der Waals surface area contributed by atoms with E-state index >= 15 is 0 Å². The van der Waals surface area contributed by atoms with Crippen LogP contribution in [0, 0.1) is 0 Å². The molecule has 2 unspecified atom stereocenters. The molecule has 120 valence electrons. The number of aromatic nitrogens is 2. The molecule has 0 aromatic carbocycles. The van der Waals surface area contributed by atoms with Gasteiger partial charge in [0, 0.05) is 13.1 Å². The predicted molar refractivity (Wildman–Crippen MR) is 91.3 cm³/mol. The molecule has 1 aromatic rings. The summed E-state index contributed by atoms with van der Waals surface area (Å²) in [6.07, 6.45) is 12.9. The van der Waals surface area contributed by atoms with Gasteiger partial charge in [0.05, 0.1) is 30.7 Å². The SMILES string of the molecule is OC1CCN(c2ncc(Cl)c(N3C=NC4C=CC=CC43)n2)CC1. The second-order valence-corrected chi connectivity index (χ2v) is 6.39. The van der Waals surface area contributed by atoms with Crippen LogP contribution in [0.2, 0.25) is 5.02 Å². The van der Waals surface area contributed by atoms with E-state index in [1.165, 1.54) is 0 Å². The standard InChI is InChI=1S/C16H18ClN5O/c17-12-9-18-16(21-7-5-11(23)6-8-21)20-15(12)22-10-19-13-3-1-2-4-14(13)22/h1-4,9-11,13-14,23H,5-8H2. The fourth-order valence-corrected chi connectivity index (χ4v) is 3.34. The highest BCUT2D eigenvalue weighted by Crippen LogP contribution is 2.31. The first-order chi connectivity index (χ1) is 11.2. The molecule has 1 aliphatic carbocycles. The second-order valence-electron chi connectivity index (χ2n) is 5.98. The summed E-state index contributed by atoms with van der Waals surface area (Å²) in [5.74, 6) is 1.34. The molecular formula is C16H18ClN5O. The zero-order chi connectivity index (χ0) is 15.8. The van der Waals surface area contributed by atoms with Crippen molar-refractivity contribution in [1.82, 2.24) is 9.97 Å². The van der Waals surface area contributed by atoms with Crippen LogP contribution in [-0.4, -0.2) is 52.7 Å². The van der Waals surface area contributed by atoms with Gasteiger partial charge in [-0.25, -0.2) is 4.98 Å². The predicted octanol–water partition coefficient (Wildman–Crippen LogP) is 1.80. The molecule has 0 bridgehead atoms. The maximum absolute atomic E-state index is 9.65. The number of nitrogens with zero attached hydrogens (tertiary/aromatic N) is 5. The van der Waals surface area contributed by atoms with E-state index in [-0.39, 0.29) is 18.2 Å². The normalized spacial score (nSPS) is 26.9. The first kappa shape index (κ1) is 14.7. The summed E-state index contributed by atoms with van der Waals surface area (Å²) < 4.78 is 0. The van der Waals surface area contributed by atoms with Crippen LogP contribution in [0.3, 0.4) is 0 Å². The lowest BCUT2D eigenvalue weighted by molar-refractivity contribution is 0.145. The van der Waals surface area contributed by atoms with Crippen LogP contribution in [0.4, 0.5) is 11.8 Å². The number of rotatable bonds is 2. The Bertz CT molecular complexity index is 681. The van der Waals surface area contributed by atoms with Gasteiger partial charge in [-0.15, -0.1) is 0 Å². The number of hydrogen-bond donors (Lipinski definition) is 1. The number of allylic oxidation sites excluding steroid dienone is 2. The Labute approximate surface area is 139 Å². The number of aliphatic imine (C=N–C) groups is 1. The van der Waals surface area contributed by atoms with Gasteiger partial charge < -0.3 is 14.9 Å². The van der Waals surface area contributed by atoms with Crippen molar-refractivity contribution in [2.45, 2.75) is 31.0 Å². The number of fused-ring (bicyclic) bond motifs is 1. The van der Waals surface area contributed by atoms with Crippen molar-refractivity contribution in [3.05, 3.63) is 35.5 Å². The molecule has 1 saturated heterocycles. The first-order valence-electron chi connectivity index (χ1n) is 7.84. The molecule has 0 spiro atoms. The monoisotopic (exact) mass is 331 g/mol. The summed E-state index contributed by atoms with van der Waals surface area (Å²) in [4.78, 5) is 17.6. The topological polar surface area (TPSA) is 64.8 Å². The quantitative estimate of drug-likeness (QED) is 0.895. The Hall–Kier alpha value is -1.92. The van der Waals surface area contributed by atoms with E-state index in [1.807, 2.05) is 17.1 Å². The van der Waals surface area contributed by atoms with E-state index in [9.17, 15) is 5.11 Å². The van der Waals surface area contributed by atoms with Crippen LogP contribution in [0.25, 0.3) is 0 Å². The van der Waals surface area contributed by atoms with Crippen LogP contribution in [0.1, 0.15) is 12.8 Å². The van der Waals surface area contributed by atoms with E-state index in [0.29, 0.717) is 16.8 Å². The van der Waals surface area contributed by atoms with Crippen molar-refractivity contribution in [1.29, 1.82) is 0 Å². The van der Waals surface area contributed by atoms with Gasteiger partial charge in [0.15, 0.2) is 5.82 Å². The number of piperidine rings is 1. The minimum Gasteiger partial charge on any atom is -0.393 e. The molecule has 1 aromatic heterocycles. The molecule has 0 amide bonds. The molecule has 1 fully saturated rings. The maximum Gasteiger partial charge on any atom is 0.227 e. The van der Waals surface area contributed by atoms with Gasteiger partial charge in [-0.3, -0.25) is 4.99 Å². The lowest BCUT2D eigenvalue weighted by atomic mass is 10.0. The van der Waals surface area contributed by atoms with Crippen LogP contribution < -0.4 is 9.80 Å². The highest BCUT2D eigenvalue weighted by Gasteiger charge is 2.31. The Morgan fingerprint density at radius 3 is 2.78 bits per heavy atom. The summed E-state index contributed by atoms with van der Waals surface area (Å²) in [6, 6.07) is 0.225. The van der Waals surface area contributed by atoms with E-state index in [4.69, 9.17) is 11.6 Å². The Balaban J connectivity index is 1.61. The number of aliphatic hydroxyl groups excluding tert-OH is 1. The van der Waals surface area contributed by atoms with Crippen molar-refractivity contribution in [2.24, 2.45) is 4.99 Å². The second kappa shape index (κ2) is 5.94. The van der Waals surface area contributed by atoms with Crippen molar-refractivity contribution in [2.75, 3.05) is 22.9 Å².